The van der Waals surface area contributed by atoms with Crippen molar-refractivity contribution >= 4 is 32.7 Å². The number of rotatable bonds is 2. The molecule has 8 heteroatoms. The quantitative estimate of drug-likeness (QED) is 0.317. The van der Waals surface area contributed by atoms with E-state index < -0.39 is 11.7 Å². The summed E-state index contributed by atoms with van der Waals surface area (Å²) in [7, 11) is 0. The van der Waals surface area contributed by atoms with Crippen LogP contribution in [0.1, 0.15) is 24.2 Å². The van der Waals surface area contributed by atoms with Crippen molar-refractivity contribution in [1.82, 2.24) is 9.55 Å². The van der Waals surface area contributed by atoms with E-state index in [1.807, 2.05) is 34.9 Å². The number of aryl methyl sites for hydroxylation is 1. The molecule has 0 saturated carbocycles. The van der Waals surface area contributed by atoms with Crippen LogP contribution in [0.4, 0.5) is 18.9 Å². The first-order valence-corrected chi connectivity index (χ1v) is 10.7. The second-order valence-electron chi connectivity index (χ2n) is 7.45. The van der Waals surface area contributed by atoms with Gasteiger partial charge < -0.3 is 8.98 Å². The third-order valence-corrected chi connectivity index (χ3v) is 5.87. The van der Waals surface area contributed by atoms with Gasteiger partial charge in [-0.2, -0.15) is 18.2 Å². The minimum absolute atomic E-state index is 0.451. The number of nitrogens with zero attached hydrogens (tertiary/aromatic N) is 3. The van der Waals surface area contributed by atoms with Gasteiger partial charge in [-0.05, 0) is 55.3 Å². The average Bonchev–Trinajstić information content (AvgIpc) is 3.18. The van der Waals surface area contributed by atoms with E-state index in [4.69, 9.17) is 14.4 Å². The molecule has 2 aromatic carbocycles. The molecule has 2 aromatic heterocycles. The Hall–Kier alpha value is -2.87. The van der Waals surface area contributed by atoms with Crippen LogP contribution in [0.3, 0.4) is 0 Å². The Morgan fingerprint density at radius 3 is 2.45 bits per heavy atom. The maximum Gasteiger partial charge on any atom is 0.416 e. The molecule has 1 aliphatic heterocycles. The summed E-state index contributed by atoms with van der Waals surface area (Å²) in [4.78, 5) is 9.42. The van der Waals surface area contributed by atoms with Crippen LogP contribution in [0.25, 0.3) is 22.4 Å². The van der Waals surface area contributed by atoms with E-state index in [1.54, 1.807) is 0 Å². The maximum absolute atomic E-state index is 12.9. The number of hydrogen-bond donors (Lipinski definition) is 0. The maximum atomic E-state index is 12.9. The first-order chi connectivity index (χ1) is 14.9. The summed E-state index contributed by atoms with van der Waals surface area (Å²) in [6, 6.07) is 14.5. The second-order valence-corrected chi connectivity index (χ2v) is 8.37. The van der Waals surface area contributed by atoms with Crippen molar-refractivity contribution in [3.05, 3.63) is 75.9 Å². The first kappa shape index (κ1) is 20.1. The number of alkyl halides is 3. The third kappa shape index (κ3) is 3.92. The Balaban J connectivity index is 1.70. The van der Waals surface area contributed by atoms with Crippen molar-refractivity contribution in [3.8, 4) is 11.3 Å². The molecule has 158 valence electrons. The van der Waals surface area contributed by atoms with Crippen LogP contribution in [0, 0.1) is 0 Å². The van der Waals surface area contributed by atoms with Crippen molar-refractivity contribution < 1.29 is 17.6 Å². The largest absolute Gasteiger partial charge is 0.438 e. The van der Waals surface area contributed by atoms with Gasteiger partial charge in [-0.25, -0.2) is 4.99 Å². The van der Waals surface area contributed by atoms with Gasteiger partial charge in [0.05, 0.1) is 16.6 Å². The number of aromatic nitrogens is 2. The highest BCUT2D eigenvalue weighted by atomic mass is 79.9. The molecule has 31 heavy (non-hydrogen) atoms. The van der Waals surface area contributed by atoms with Gasteiger partial charge in [-0.1, -0.05) is 28.1 Å². The predicted molar refractivity (Wildman–Crippen MR) is 115 cm³/mol. The van der Waals surface area contributed by atoms with Gasteiger partial charge >= 0.3 is 6.18 Å². The van der Waals surface area contributed by atoms with Gasteiger partial charge in [-0.15, -0.1) is 0 Å². The molecule has 0 spiro atoms. The molecule has 0 saturated heterocycles. The minimum Gasteiger partial charge on any atom is -0.438 e. The highest BCUT2D eigenvalue weighted by molar-refractivity contribution is 9.10. The Morgan fingerprint density at radius 1 is 1.00 bits per heavy atom. The van der Waals surface area contributed by atoms with Crippen molar-refractivity contribution in [2.45, 2.75) is 32.0 Å². The Morgan fingerprint density at radius 2 is 1.74 bits per heavy atom. The second kappa shape index (κ2) is 7.67. The van der Waals surface area contributed by atoms with Crippen LogP contribution in [-0.4, -0.2) is 9.55 Å². The zero-order chi connectivity index (χ0) is 21.6. The third-order valence-electron chi connectivity index (χ3n) is 5.34. The van der Waals surface area contributed by atoms with Gasteiger partial charge in [0.2, 0.25) is 5.71 Å². The van der Waals surface area contributed by atoms with Crippen molar-refractivity contribution in [1.29, 1.82) is 0 Å². The number of hydrogen-bond acceptors (Lipinski definition) is 3. The molecule has 0 N–H and O–H groups in total. The molecule has 0 radical (unpaired) electrons. The SMILES string of the molecule is FC(F)(F)c1ccc(N=c2c3cc(-c4ccc(Br)cc4)oc3nc3n2CCCC3)cc1. The molecule has 3 heterocycles. The molecular formula is C23H17BrF3N3O. The topological polar surface area (TPSA) is 43.3 Å². The molecule has 0 fully saturated rings. The van der Waals surface area contributed by atoms with Gasteiger partial charge in [0.15, 0.2) is 0 Å². The van der Waals surface area contributed by atoms with Crippen molar-refractivity contribution in [2.24, 2.45) is 4.99 Å². The van der Waals surface area contributed by atoms with E-state index in [0.717, 1.165) is 59.2 Å². The lowest BCUT2D eigenvalue weighted by molar-refractivity contribution is -0.137. The van der Waals surface area contributed by atoms with Crippen LogP contribution < -0.4 is 5.49 Å². The Bertz CT molecular complexity index is 1320. The van der Waals surface area contributed by atoms with Crippen molar-refractivity contribution in [2.75, 3.05) is 0 Å². The molecular weight excluding hydrogens is 471 g/mol. The molecule has 0 atom stereocenters. The molecule has 4 aromatic rings. The summed E-state index contributed by atoms with van der Waals surface area (Å²) in [5.74, 6) is 1.54. The van der Waals surface area contributed by atoms with Gasteiger partial charge in [-0.3, -0.25) is 0 Å². The zero-order valence-electron chi connectivity index (χ0n) is 16.3. The summed E-state index contributed by atoms with van der Waals surface area (Å²) in [6.45, 7) is 0.760. The van der Waals surface area contributed by atoms with Crippen LogP contribution in [0.2, 0.25) is 0 Å². The summed E-state index contributed by atoms with van der Waals surface area (Å²) in [5.41, 5.74) is 1.81. The van der Waals surface area contributed by atoms with E-state index in [2.05, 4.69) is 15.9 Å². The molecule has 0 unspecified atom stereocenters. The molecule has 5 rings (SSSR count). The normalized spacial score (nSPS) is 14.8. The fourth-order valence-corrected chi connectivity index (χ4v) is 4.04. The predicted octanol–water partition coefficient (Wildman–Crippen LogP) is 6.65. The average molecular weight is 488 g/mol. The van der Waals surface area contributed by atoms with Gasteiger partial charge in [0.25, 0.3) is 0 Å². The zero-order valence-corrected chi connectivity index (χ0v) is 17.9. The monoisotopic (exact) mass is 487 g/mol. The first-order valence-electron chi connectivity index (χ1n) is 9.90. The highest BCUT2D eigenvalue weighted by Gasteiger charge is 2.30. The molecule has 4 nitrogen and oxygen atoms in total. The molecule has 0 bridgehead atoms. The fourth-order valence-electron chi connectivity index (χ4n) is 3.77. The van der Waals surface area contributed by atoms with Crippen LogP contribution in [0.15, 0.2) is 68.5 Å². The van der Waals surface area contributed by atoms with E-state index in [1.165, 1.54) is 12.1 Å². The fraction of sp³-hybridized carbons (Fsp3) is 0.217. The van der Waals surface area contributed by atoms with E-state index in [9.17, 15) is 13.2 Å². The summed E-state index contributed by atoms with van der Waals surface area (Å²) < 4.78 is 47.8. The number of fused-ring (bicyclic) bond motifs is 2. The molecule has 0 amide bonds. The minimum atomic E-state index is -4.37. The van der Waals surface area contributed by atoms with E-state index in [-0.39, 0.29) is 0 Å². The Kier molecular flexibility index (Phi) is 4.97. The van der Waals surface area contributed by atoms with Crippen LogP contribution in [-0.2, 0) is 19.1 Å². The highest BCUT2D eigenvalue weighted by Crippen LogP contribution is 2.31. The van der Waals surface area contributed by atoms with E-state index >= 15 is 0 Å². The van der Waals surface area contributed by atoms with Crippen LogP contribution in [0.5, 0.6) is 0 Å². The standard InChI is InChI=1S/C23H17BrF3N3O/c24-16-8-4-14(5-9-16)19-13-18-21(28-17-10-6-15(7-11-17)23(25,26)27)30-12-2-1-3-20(30)29-22(18)31-19/h4-11,13H,1-3,12H2. The summed E-state index contributed by atoms with van der Waals surface area (Å²) >= 11 is 3.43. The summed E-state index contributed by atoms with van der Waals surface area (Å²) in [6.07, 6.45) is -1.55. The lowest BCUT2D eigenvalue weighted by atomic mass is 10.1. The lowest BCUT2D eigenvalue weighted by Crippen LogP contribution is -2.28. The van der Waals surface area contributed by atoms with Gasteiger partial charge in [0.1, 0.15) is 17.1 Å². The van der Waals surface area contributed by atoms with E-state index in [0.29, 0.717) is 22.6 Å². The van der Waals surface area contributed by atoms with Gasteiger partial charge in [0, 0.05) is 23.0 Å². The number of halogens is 4. The molecule has 1 aliphatic rings. The van der Waals surface area contributed by atoms with Crippen molar-refractivity contribution in [3.63, 3.8) is 0 Å². The lowest BCUT2D eigenvalue weighted by Gasteiger charge is -2.18. The molecule has 0 aliphatic carbocycles. The number of furan rings is 1. The number of benzene rings is 2. The Labute approximate surface area is 184 Å². The van der Waals surface area contributed by atoms with Crippen LogP contribution >= 0.6 is 15.9 Å². The smallest absolute Gasteiger partial charge is 0.416 e. The summed E-state index contributed by atoms with van der Waals surface area (Å²) in [5, 5.41) is 0.739.